The van der Waals surface area contributed by atoms with Crippen molar-refractivity contribution in [1.82, 2.24) is 10.6 Å². The van der Waals surface area contributed by atoms with Gasteiger partial charge >= 0.3 is 6.18 Å². The zero-order valence-electron chi connectivity index (χ0n) is 13.4. The molecule has 1 fully saturated rings. The first-order chi connectivity index (χ1) is 10.9. The molecule has 0 saturated carbocycles. The van der Waals surface area contributed by atoms with E-state index in [1.165, 1.54) is 6.07 Å². The number of carbonyl (C=O) groups is 1. The Morgan fingerprint density at radius 2 is 2.00 bits per heavy atom. The predicted molar refractivity (Wildman–Crippen MR) is 87.7 cm³/mol. The van der Waals surface area contributed by atoms with E-state index in [1.807, 2.05) is 0 Å². The minimum Gasteiger partial charge on any atom is -0.483 e. The van der Waals surface area contributed by atoms with E-state index in [1.54, 1.807) is 6.92 Å². The molecule has 1 aliphatic rings. The number of carbonyl (C=O) groups excluding carboxylic acids is 1. The van der Waals surface area contributed by atoms with Crippen LogP contribution in [0.25, 0.3) is 0 Å². The quantitative estimate of drug-likeness (QED) is 0.842. The van der Waals surface area contributed by atoms with Gasteiger partial charge in [-0.05, 0) is 62.5 Å². The van der Waals surface area contributed by atoms with E-state index in [0.29, 0.717) is 17.9 Å². The lowest BCUT2D eigenvalue weighted by Gasteiger charge is -2.25. The lowest BCUT2D eigenvalue weighted by Crippen LogP contribution is -2.29. The molecular formula is C16H22ClF3N2O2. The van der Waals surface area contributed by atoms with Gasteiger partial charge in [-0.1, -0.05) is 0 Å². The molecule has 1 saturated heterocycles. The number of nitrogens with one attached hydrogen (secondary N) is 2. The van der Waals surface area contributed by atoms with Gasteiger partial charge in [0, 0.05) is 6.54 Å². The second-order valence-electron chi connectivity index (χ2n) is 5.52. The highest BCUT2D eigenvalue weighted by Crippen LogP contribution is 2.38. The van der Waals surface area contributed by atoms with Gasteiger partial charge < -0.3 is 15.4 Å². The molecular weight excluding hydrogens is 345 g/mol. The maximum Gasteiger partial charge on any atom is 0.416 e. The van der Waals surface area contributed by atoms with Crippen molar-refractivity contribution < 1.29 is 22.7 Å². The Kier molecular flexibility index (Phi) is 7.83. The van der Waals surface area contributed by atoms with Crippen LogP contribution in [0.5, 0.6) is 5.75 Å². The normalized spacial score (nSPS) is 15.5. The second-order valence-corrected chi connectivity index (χ2v) is 5.52. The molecule has 0 aliphatic carbocycles. The first-order valence-electron chi connectivity index (χ1n) is 7.73. The van der Waals surface area contributed by atoms with Gasteiger partial charge in [0.05, 0.1) is 5.56 Å². The number of likely N-dealkylation sites (N-methyl/N-ethyl adjacent to an activating group) is 1. The zero-order chi connectivity index (χ0) is 16.9. The molecule has 1 aromatic carbocycles. The SMILES string of the molecule is CCNC(=O)COc1ccc(C(F)(F)F)cc1C1CCNCC1.Cl. The fraction of sp³-hybridized carbons (Fsp3) is 0.562. The molecule has 0 spiro atoms. The second kappa shape index (κ2) is 9.13. The lowest BCUT2D eigenvalue weighted by molar-refractivity contribution is -0.137. The average molecular weight is 367 g/mol. The smallest absolute Gasteiger partial charge is 0.416 e. The summed E-state index contributed by atoms with van der Waals surface area (Å²) in [6.07, 6.45) is -2.89. The van der Waals surface area contributed by atoms with Crippen LogP contribution >= 0.6 is 12.4 Å². The highest BCUT2D eigenvalue weighted by Gasteiger charge is 2.32. The van der Waals surface area contributed by atoms with Crippen LogP contribution in [-0.4, -0.2) is 32.1 Å². The molecule has 0 aromatic heterocycles. The molecule has 2 N–H and O–H groups in total. The van der Waals surface area contributed by atoms with Gasteiger partial charge in [-0.2, -0.15) is 13.2 Å². The van der Waals surface area contributed by atoms with Crippen molar-refractivity contribution in [3.05, 3.63) is 29.3 Å². The minimum atomic E-state index is -4.39. The molecule has 0 unspecified atom stereocenters. The van der Waals surface area contributed by atoms with E-state index in [9.17, 15) is 18.0 Å². The molecule has 1 aromatic rings. The molecule has 2 rings (SSSR count). The first-order valence-corrected chi connectivity index (χ1v) is 7.73. The molecule has 1 amide bonds. The molecule has 8 heteroatoms. The van der Waals surface area contributed by atoms with E-state index < -0.39 is 11.7 Å². The summed E-state index contributed by atoms with van der Waals surface area (Å²) in [7, 11) is 0. The van der Waals surface area contributed by atoms with Crippen LogP contribution in [0, 0.1) is 0 Å². The summed E-state index contributed by atoms with van der Waals surface area (Å²) in [6, 6.07) is 3.47. The number of benzene rings is 1. The summed E-state index contributed by atoms with van der Waals surface area (Å²) in [4.78, 5) is 11.5. The van der Waals surface area contributed by atoms with Crippen LogP contribution in [-0.2, 0) is 11.0 Å². The highest BCUT2D eigenvalue weighted by atomic mass is 35.5. The number of rotatable bonds is 5. The summed E-state index contributed by atoms with van der Waals surface area (Å²) < 4.78 is 44.4. The largest absolute Gasteiger partial charge is 0.483 e. The van der Waals surface area contributed by atoms with Gasteiger partial charge in [0.25, 0.3) is 5.91 Å². The number of halogens is 4. The van der Waals surface area contributed by atoms with Crippen LogP contribution in [0.2, 0.25) is 0 Å². The molecule has 24 heavy (non-hydrogen) atoms. The molecule has 0 atom stereocenters. The van der Waals surface area contributed by atoms with Gasteiger partial charge in [-0.3, -0.25) is 4.79 Å². The van der Waals surface area contributed by atoms with Crippen molar-refractivity contribution in [3.63, 3.8) is 0 Å². The summed E-state index contributed by atoms with van der Waals surface area (Å²) in [6.45, 7) is 3.59. The maximum absolute atomic E-state index is 13.0. The van der Waals surface area contributed by atoms with E-state index in [4.69, 9.17) is 4.74 Å². The Bertz CT molecular complexity index is 547. The van der Waals surface area contributed by atoms with Gasteiger partial charge in [-0.15, -0.1) is 12.4 Å². The monoisotopic (exact) mass is 366 g/mol. The Morgan fingerprint density at radius 3 is 2.58 bits per heavy atom. The van der Waals surface area contributed by atoms with E-state index in [-0.39, 0.29) is 30.8 Å². The molecule has 0 radical (unpaired) electrons. The van der Waals surface area contributed by atoms with Crippen LogP contribution in [0.3, 0.4) is 0 Å². The summed E-state index contributed by atoms with van der Waals surface area (Å²) in [5.41, 5.74) is -0.151. The number of hydrogen-bond acceptors (Lipinski definition) is 3. The number of piperidine rings is 1. The number of alkyl halides is 3. The third kappa shape index (κ3) is 5.56. The summed E-state index contributed by atoms with van der Waals surface area (Å²) >= 11 is 0. The third-order valence-corrected chi connectivity index (χ3v) is 3.85. The van der Waals surface area contributed by atoms with Gasteiger partial charge in [0.1, 0.15) is 5.75 Å². The number of amides is 1. The van der Waals surface area contributed by atoms with Crippen LogP contribution in [0.1, 0.15) is 36.8 Å². The van der Waals surface area contributed by atoms with Crippen LogP contribution < -0.4 is 15.4 Å². The van der Waals surface area contributed by atoms with Gasteiger partial charge in [0.2, 0.25) is 0 Å². The fourth-order valence-electron chi connectivity index (χ4n) is 2.70. The molecule has 0 bridgehead atoms. The van der Waals surface area contributed by atoms with Crippen molar-refractivity contribution in [2.24, 2.45) is 0 Å². The van der Waals surface area contributed by atoms with Crippen molar-refractivity contribution in [2.75, 3.05) is 26.2 Å². The molecule has 4 nitrogen and oxygen atoms in total. The lowest BCUT2D eigenvalue weighted by atomic mass is 9.88. The third-order valence-electron chi connectivity index (χ3n) is 3.85. The van der Waals surface area contributed by atoms with E-state index >= 15 is 0 Å². The van der Waals surface area contributed by atoms with Gasteiger partial charge in [-0.25, -0.2) is 0 Å². The fourth-order valence-corrected chi connectivity index (χ4v) is 2.70. The van der Waals surface area contributed by atoms with Crippen molar-refractivity contribution in [3.8, 4) is 5.75 Å². The zero-order valence-corrected chi connectivity index (χ0v) is 14.2. The van der Waals surface area contributed by atoms with Crippen molar-refractivity contribution >= 4 is 18.3 Å². The summed E-state index contributed by atoms with van der Waals surface area (Å²) in [5.74, 6) is 0.0719. The van der Waals surface area contributed by atoms with Crippen LogP contribution in [0.4, 0.5) is 13.2 Å². The number of ether oxygens (including phenoxy) is 1. The molecule has 136 valence electrons. The Balaban J connectivity index is 0.00000288. The van der Waals surface area contributed by atoms with Gasteiger partial charge in [0.15, 0.2) is 6.61 Å². The Hall–Kier alpha value is -1.47. The van der Waals surface area contributed by atoms with Crippen molar-refractivity contribution in [2.45, 2.75) is 31.9 Å². The average Bonchev–Trinajstić information content (AvgIpc) is 2.53. The predicted octanol–water partition coefficient (Wildman–Crippen LogP) is 3.11. The first kappa shape index (κ1) is 20.6. The molecule has 1 heterocycles. The number of hydrogen-bond donors (Lipinski definition) is 2. The topological polar surface area (TPSA) is 50.4 Å². The Morgan fingerprint density at radius 1 is 1.33 bits per heavy atom. The minimum absolute atomic E-state index is 0. The maximum atomic E-state index is 13.0. The highest BCUT2D eigenvalue weighted by molar-refractivity contribution is 5.85. The summed E-state index contributed by atoms with van der Waals surface area (Å²) in [5, 5.41) is 5.79. The molecule has 1 aliphatic heterocycles. The standard InChI is InChI=1S/C16H21F3N2O2.ClH/c1-2-21-15(22)10-23-14-4-3-12(16(17,18)19)9-13(14)11-5-7-20-8-6-11;/h3-4,9,11,20H,2,5-8,10H2,1H3,(H,21,22);1H. The Labute approximate surface area is 145 Å². The van der Waals surface area contributed by atoms with E-state index in [2.05, 4.69) is 10.6 Å². The van der Waals surface area contributed by atoms with Crippen LogP contribution in [0.15, 0.2) is 18.2 Å². The van der Waals surface area contributed by atoms with E-state index in [0.717, 1.165) is 38.1 Å². The van der Waals surface area contributed by atoms with Crippen molar-refractivity contribution in [1.29, 1.82) is 0 Å².